The van der Waals surface area contributed by atoms with Crippen LogP contribution in [0.2, 0.25) is 0 Å². The van der Waals surface area contributed by atoms with E-state index in [-0.39, 0.29) is 0 Å². The minimum absolute atomic E-state index is 1.05. The van der Waals surface area contributed by atoms with Crippen molar-refractivity contribution < 1.29 is 0 Å². The second-order valence-corrected chi connectivity index (χ2v) is 8.91. The molecule has 1 N–H and O–H groups in total. The largest absolute Gasteiger partial charge is 0.358 e. The average Bonchev–Trinajstić information content (AvgIpc) is 3.40. The Morgan fingerprint density at radius 2 is 1.53 bits per heavy atom. The number of rotatable bonds is 2. The number of fused-ring (bicyclic) bond motifs is 4. The normalized spacial score (nSPS) is 11.9. The molecule has 0 saturated carbocycles. The van der Waals surface area contributed by atoms with Crippen molar-refractivity contribution in [1.29, 1.82) is 0 Å². The van der Waals surface area contributed by atoms with Crippen molar-refractivity contribution >= 4 is 27.2 Å². The topological polar surface area (TPSA) is 38.0 Å². The molecule has 32 heavy (non-hydrogen) atoms. The molecule has 2 aromatic carbocycles. The third kappa shape index (κ3) is 2.53. The number of aromatic amines is 1. The molecule has 0 aliphatic rings. The highest BCUT2D eigenvalue weighted by molar-refractivity contribution is 6.05. The SMILES string of the molecule is Cc1ccc(-n2c(C)c3c(C)nn4cc(-c5c(C)[nH]c6ccccc56)cc4c3c2C)cc1. The van der Waals surface area contributed by atoms with Crippen molar-refractivity contribution in [2.24, 2.45) is 0 Å². The number of nitrogens with one attached hydrogen (secondary N) is 1. The van der Waals surface area contributed by atoms with E-state index in [9.17, 15) is 0 Å². The van der Waals surface area contributed by atoms with Gasteiger partial charge in [0.25, 0.3) is 0 Å². The minimum Gasteiger partial charge on any atom is -0.358 e. The van der Waals surface area contributed by atoms with E-state index in [1.807, 2.05) is 0 Å². The number of hydrogen-bond acceptors (Lipinski definition) is 1. The molecular formula is C28H26N4. The smallest absolute Gasteiger partial charge is 0.0749 e. The van der Waals surface area contributed by atoms with E-state index in [2.05, 4.69) is 109 Å². The van der Waals surface area contributed by atoms with Crippen molar-refractivity contribution in [2.45, 2.75) is 34.6 Å². The summed E-state index contributed by atoms with van der Waals surface area (Å²) >= 11 is 0. The molecule has 4 heterocycles. The first-order chi connectivity index (χ1) is 15.4. The van der Waals surface area contributed by atoms with E-state index < -0.39 is 0 Å². The lowest BCUT2D eigenvalue weighted by Gasteiger charge is -2.09. The summed E-state index contributed by atoms with van der Waals surface area (Å²) in [5.74, 6) is 0. The zero-order valence-electron chi connectivity index (χ0n) is 19.1. The summed E-state index contributed by atoms with van der Waals surface area (Å²) in [5.41, 5.74) is 11.9. The zero-order valence-corrected chi connectivity index (χ0v) is 19.1. The lowest BCUT2D eigenvalue weighted by atomic mass is 10.0. The molecule has 0 spiro atoms. The molecule has 4 nitrogen and oxygen atoms in total. The van der Waals surface area contributed by atoms with E-state index >= 15 is 0 Å². The number of benzene rings is 2. The van der Waals surface area contributed by atoms with Crippen molar-refractivity contribution in [3.8, 4) is 16.8 Å². The van der Waals surface area contributed by atoms with Crippen LogP contribution in [0, 0.1) is 34.6 Å². The molecule has 4 heteroatoms. The fourth-order valence-electron chi connectivity index (χ4n) is 5.39. The van der Waals surface area contributed by atoms with Gasteiger partial charge in [-0.05, 0) is 58.9 Å². The van der Waals surface area contributed by atoms with Gasteiger partial charge in [0.2, 0.25) is 0 Å². The van der Waals surface area contributed by atoms with Gasteiger partial charge >= 0.3 is 0 Å². The number of H-pyrrole nitrogens is 1. The van der Waals surface area contributed by atoms with E-state index in [1.165, 1.54) is 61.1 Å². The summed E-state index contributed by atoms with van der Waals surface area (Å²) in [5, 5.41) is 8.73. The summed E-state index contributed by atoms with van der Waals surface area (Å²) < 4.78 is 4.42. The summed E-state index contributed by atoms with van der Waals surface area (Å²) in [6.45, 7) is 10.8. The number of nitrogens with zero attached hydrogens (tertiary/aromatic N) is 3. The number of para-hydroxylation sites is 1. The Morgan fingerprint density at radius 3 is 2.31 bits per heavy atom. The Kier molecular flexibility index (Phi) is 3.91. The van der Waals surface area contributed by atoms with Crippen LogP contribution in [0.5, 0.6) is 0 Å². The van der Waals surface area contributed by atoms with E-state index in [1.54, 1.807) is 0 Å². The van der Waals surface area contributed by atoms with Gasteiger partial charge in [-0.2, -0.15) is 5.10 Å². The molecule has 158 valence electrons. The predicted octanol–water partition coefficient (Wildman–Crippen LogP) is 6.97. The summed E-state index contributed by atoms with van der Waals surface area (Å²) in [6.07, 6.45) is 2.17. The molecule has 4 aromatic heterocycles. The van der Waals surface area contributed by atoms with Gasteiger partial charge in [-0.1, -0.05) is 35.9 Å². The maximum atomic E-state index is 4.96. The Morgan fingerprint density at radius 1 is 0.812 bits per heavy atom. The molecule has 0 bridgehead atoms. The molecule has 0 radical (unpaired) electrons. The van der Waals surface area contributed by atoms with Gasteiger partial charge in [0.15, 0.2) is 0 Å². The Labute approximate surface area is 187 Å². The lowest BCUT2D eigenvalue weighted by Crippen LogP contribution is -1.98. The van der Waals surface area contributed by atoms with Gasteiger partial charge in [-0.3, -0.25) is 0 Å². The Balaban J connectivity index is 1.67. The summed E-state index contributed by atoms with van der Waals surface area (Å²) in [6, 6.07) is 19.6. The van der Waals surface area contributed by atoms with Crippen LogP contribution in [0.1, 0.15) is 28.3 Å². The molecule has 0 unspecified atom stereocenters. The fourth-order valence-corrected chi connectivity index (χ4v) is 5.39. The third-order valence-electron chi connectivity index (χ3n) is 6.79. The van der Waals surface area contributed by atoms with Crippen LogP contribution < -0.4 is 0 Å². The number of hydrogen-bond donors (Lipinski definition) is 1. The number of aryl methyl sites for hydroxylation is 5. The molecule has 6 rings (SSSR count). The van der Waals surface area contributed by atoms with Crippen LogP contribution in [-0.4, -0.2) is 19.2 Å². The van der Waals surface area contributed by atoms with Gasteiger partial charge in [0, 0.05) is 61.8 Å². The fraction of sp³-hybridized carbons (Fsp3) is 0.179. The summed E-state index contributed by atoms with van der Waals surface area (Å²) in [4.78, 5) is 3.54. The third-order valence-corrected chi connectivity index (χ3v) is 6.79. The minimum atomic E-state index is 1.05. The van der Waals surface area contributed by atoms with Crippen LogP contribution in [0.25, 0.3) is 44.0 Å². The van der Waals surface area contributed by atoms with Crippen molar-refractivity contribution in [3.05, 3.63) is 89.1 Å². The molecular weight excluding hydrogens is 392 g/mol. The van der Waals surface area contributed by atoms with Gasteiger partial charge in [0.05, 0.1) is 11.2 Å². The van der Waals surface area contributed by atoms with Crippen molar-refractivity contribution in [3.63, 3.8) is 0 Å². The van der Waals surface area contributed by atoms with Gasteiger partial charge in [-0.25, -0.2) is 4.52 Å². The quantitative estimate of drug-likeness (QED) is 0.324. The number of aromatic nitrogens is 4. The predicted molar refractivity (Wildman–Crippen MR) is 133 cm³/mol. The molecule has 0 saturated heterocycles. The van der Waals surface area contributed by atoms with Crippen LogP contribution in [-0.2, 0) is 0 Å². The zero-order chi connectivity index (χ0) is 22.1. The first kappa shape index (κ1) is 18.9. The standard InChI is InChI=1S/C28H26N4/c1-16-10-12-22(13-11-16)32-19(4)26-18(3)30-31-15-21(14-25(31)28(26)20(32)5)27-17(2)29-24-9-7-6-8-23(24)27/h6-15,29H,1-5H3. The average molecular weight is 419 g/mol. The maximum absolute atomic E-state index is 4.96. The monoisotopic (exact) mass is 418 g/mol. The highest BCUT2D eigenvalue weighted by Crippen LogP contribution is 2.38. The van der Waals surface area contributed by atoms with Crippen molar-refractivity contribution in [2.75, 3.05) is 0 Å². The highest BCUT2D eigenvalue weighted by atomic mass is 15.2. The molecule has 0 amide bonds. The molecule has 0 fully saturated rings. The lowest BCUT2D eigenvalue weighted by molar-refractivity contribution is 0.919. The van der Waals surface area contributed by atoms with Crippen LogP contribution in [0.15, 0.2) is 60.8 Å². The van der Waals surface area contributed by atoms with E-state index in [0.717, 1.165) is 11.2 Å². The molecule has 0 atom stereocenters. The second kappa shape index (κ2) is 6.60. The van der Waals surface area contributed by atoms with Crippen LogP contribution >= 0.6 is 0 Å². The molecule has 0 aliphatic heterocycles. The van der Waals surface area contributed by atoms with E-state index in [4.69, 9.17) is 5.10 Å². The van der Waals surface area contributed by atoms with Crippen molar-refractivity contribution in [1.82, 2.24) is 19.2 Å². The van der Waals surface area contributed by atoms with Gasteiger partial charge in [0.1, 0.15) is 0 Å². The first-order valence-electron chi connectivity index (χ1n) is 11.1. The maximum Gasteiger partial charge on any atom is 0.0749 e. The molecule has 6 aromatic rings. The molecule has 0 aliphatic carbocycles. The Bertz CT molecular complexity index is 1660. The van der Waals surface area contributed by atoms with Crippen LogP contribution in [0.4, 0.5) is 0 Å². The van der Waals surface area contributed by atoms with Crippen LogP contribution in [0.3, 0.4) is 0 Å². The summed E-state index contributed by atoms with van der Waals surface area (Å²) in [7, 11) is 0. The second-order valence-electron chi connectivity index (χ2n) is 8.91. The Hall–Kier alpha value is -3.79. The highest BCUT2D eigenvalue weighted by Gasteiger charge is 2.20. The van der Waals surface area contributed by atoms with Gasteiger partial charge in [-0.15, -0.1) is 0 Å². The van der Waals surface area contributed by atoms with E-state index in [0.29, 0.717) is 0 Å². The van der Waals surface area contributed by atoms with Gasteiger partial charge < -0.3 is 9.55 Å². The first-order valence-corrected chi connectivity index (χ1v) is 11.1.